The number of benzene rings is 2. The Morgan fingerprint density at radius 1 is 0.880 bits per heavy atom. The molecule has 3 aromatic rings. The fourth-order valence-corrected chi connectivity index (χ4v) is 3.39. The van der Waals surface area contributed by atoms with Gasteiger partial charge in [-0.25, -0.2) is 4.39 Å². The van der Waals surface area contributed by atoms with Crippen molar-refractivity contribution in [1.29, 1.82) is 0 Å². The van der Waals surface area contributed by atoms with Crippen LogP contribution in [0.2, 0.25) is 0 Å². The van der Waals surface area contributed by atoms with Crippen molar-refractivity contribution >= 4 is 33.6 Å². The molecule has 25 heavy (non-hydrogen) atoms. The molecule has 0 radical (unpaired) electrons. The molecular weight excluding hydrogens is 381 g/mol. The fourth-order valence-electron chi connectivity index (χ4n) is 3.39. The summed E-state index contributed by atoms with van der Waals surface area (Å²) in [5.41, 5.74) is 3.05. The second-order valence-electron chi connectivity index (χ2n) is 6.21. The van der Waals surface area contributed by atoms with Crippen LogP contribution >= 0.6 is 17.0 Å². The third kappa shape index (κ3) is 3.83. The summed E-state index contributed by atoms with van der Waals surface area (Å²) in [7, 11) is 0. The molecule has 1 aliphatic heterocycles. The average Bonchev–Trinajstić information content (AvgIpc) is 2.63. The Bertz CT molecular complexity index is 842. The summed E-state index contributed by atoms with van der Waals surface area (Å²) in [4.78, 5) is 9.08. The summed E-state index contributed by atoms with van der Waals surface area (Å²) in [6, 6.07) is 17.4. The first-order chi connectivity index (χ1) is 11.8. The molecule has 0 saturated carbocycles. The molecule has 130 valence electrons. The number of anilines is 1. The second kappa shape index (κ2) is 7.93. The van der Waals surface area contributed by atoms with Gasteiger partial charge in [0, 0.05) is 44.3 Å². The quantitative estimate of drug-likeness (QED) is 0.652. The molecule has 2 heterocycles. The largest absolute Gasteiger partial charge is 0.367 e. The van der Waals surface area contributed by atoms with Crippen LogP contribution in [-0.4, -0.2) is 36.1 Å². The van der Waals surface area contributed by atoms with Crippen LogP contribution in [0.4, 0.5) is 10.1 Å². The molecule has 1 aromatic heterocycles. The maximum Gasteiger partial charge on any atom is 0.146 e. The molecule has 1 saturated heterocycles. The molecule has 0 atom stereocenters. The second-order valence-corrected chi connectivity index (χ2v) is 6.21. The number of hydrogen-bond donors (Lipinski definition) is 0. The first kappa shape index (κ1) is 17.8. The molecule has 2 aromatic carbocycles. The van der Waals surface area contributed by atoms with E-state index in [4.69, 9.17) is 0 Å². The van der Waals surface area contributed by atoms with Crippen LogP contribution in [0.25, 0.3) is 10.9 Å². The van der Waals surface area contributed by atoms with Crippen molar-refractivity contribution in [3.05, 3.63) is 72.2 Å². The van der Waals surface area contributed by atoms with Crippen molar-refractivity contribution in [3.8, 4) is 0 Å². The number of halogens is 2. The van der Waals surface area contributed by atoms with Crippen LogP contribution in [0, 0.1) is 5.82 Å². The highest BCUT2D eigenvalue weighted by molar-refractivity contribution is 8.93. The van der Waals surface area contributed by atoms with Crippen LogP contribution in [0.15, 0.2) is 60.8 Å². The summed E-state index contributed by atoms with van der Waals surface area (Å²) in [6.45, 7) is 4.44. The predicted molar refractivity (Wildman–Crippen MR) is 106 cm³/mol. The molecule has 1 aliphatic rings. The van der Waals surface area contributed by atoms with Crippen molar-refractivity contribution in [2.24, 2.45) is 0 Å². The maximum absolute atomic E-state index is 13.9. The lowest BCUT2D eigenvalue weighted by Gasteiger charge is -2.36. The van der Waals surface area contributed by atoms with E-state index in [1.54, 1.807) is 6.07 Å². The number of pyridine rings is 1. The molecule has 1 fully saturated rings. The Kier molecular flexibility index (Phi) is 5.66. The fraction of sp³-hybridized carbons (Fsp3) is 0.250. The molecule has 3 nitrogen and oxygen atoms in total. The van der Waals surface area contributed by atoms with Crippen molar-refractivity contribution in [3.63, 3.8) is 0 Å². The minimum absolute atomic E-state index is 0. The van der Waals surface area contributed by atoms with Gasteiger partial charge in [-0.3, -0.25) is 9.88 Å². The van der Waals surface area contributed by atoms with Gasteiger partial charge in [0.2, 0.25) is 0 Å². The normalized spacial score (nSPS) is 15.2. The highest BCUT2D eigenvalue weighted by Crippen LogP contribution is 2.22. The Hall–Kier alpha value is -1.98. The summed E-state index contributed by atoms with van der Waals surface area (Å²) in [6.07, 6.45) is 1.85. The molecule has 0 amide bonds. The number of para-hydroxylation sites is 2. The Labute approximate surface area is 157 Å². The van der Waals surface area contributed by atoms with Gasteiger partial charge in [0.25, 0.3) is 0 Å². The molecule has 5 heteroatoms. The van der Waals surface area contributed by atoms with Gasteiger partial charge in [0.1, 0.15) is 5.82 Å². The molecule has 4 rings (SSSR count). The van der Waals surface area contributed by atoms with Crippen molar-refractivity contribution in [2.75, 3.05) is 31.1 Å². The SMILES string of the molecule is Br.Fc1ccccc1N1CCN(Cc2cccc3cccnc23)CC1. The highest BCUT2D eigenvalue weighted by Gasteiger charge is 2.19. The summed E-state index contributed by atoms with van der Waals surface area (Å²) >= 11 is 0. The number of piperazine rings is 1. The molecule has 0 spiro atoms. The van der Waals surface area contributed by atoms with Crippen LogP contribution in [0.5, 0.6) is 0 Å². The van der Waals surface area contributed by atoms with Crippen molar-refractivity contribution in [2.45, 2.75) is 6.54 Å². The lowest BCUT2D eigenvalue weighted by atomic mass is 10.1. The van der Waals surface area contributed by atoms with Crippen molar-refractivity contribution in [1.82, 2.24) is 9.88 Å². The third-order valence-electron chi connectivity index (χ3n) is 4.68. The first-order valence-corrected chi connectivity index (χ1v) is 8.36. The maximum atomic E-state index is 13.9. The Balaban J connectivity index is 0.00000182. The smallest absolute Gasteiger partial charge is 0.146 e. The van der Waals surface area contributed by atoms with E-state index in [1.165, 1.54) is 17.0 Å². The number of fused-ring (bicyclic) bond motifs is 1. The van der Waals surface area contributed by atoms with E-state index >= 15 is 0 Å². The number of hydrogen-bond acceptors (Lipinski definition) is 3. The lowest BCUT2D eigenvalue weighted by molar-refractivity contribution is 0.250. The lowest BCUT2D eigenvalue weighted by Crippen LogP contribution is -2.46. The van der Waals surface area contributed by atoms with Crippen LogP contribution in [0.1, 0.15) is 5.56 Å². The zero-order valence-corrected chi connectivity index (χ0v) is 15.6. The van der Waals surface area contributed by atoms with Crippen LogP contribution in [-0.2, 0) is 6.54 Å². The molecule has 0 bridgehead atoms. The van der Waals surface area contributed by atoms with Gasteiger partial charge in [-0.2, -0.15) is 0 Å². The van der Waals surface area contributed by atoms with Crippen molar-refractivity contribution < 1.29 is 4.39 Å². The van der Waals surface area contributed by atoms with Gasteiger partial charge in [0.15, 0.2) is 0 Å². The number of nitrogens with zero attached hydrogens (tertiary/aromatic N) is 3. The topological polar surface area (TPSA) is 19.4 Å². The summed E-state index contributed by atoms with van der Waals surface area (Å²) in [5.74, 6) is -0.135. The molecule has 0 unspecified atom stereocenters. The summed E-state index contributed by atoms with van der Waals surface area (Å²) in [5, 5.41) is 1.18. The van der Waals surface area contributed by atoms with Gasteiger partial charge >= 0.3 is 0 Å². The van der Waals surface area contributed by atoms with E-state index in [1.807, 2.05) is 24.4 Å². The monoisotopic (exact) mass is 401 g/mol. The number of aromatic nitrogens is 1. The predicted octanol–water partition coefficient (Wildman–Crippen LogP) is 4.27. The van der Waals surface area contributed by atoms with Gasteiger partial charge in [-0.05, 0) is 23.8 Å². The van der Waals surface area contributed by atoms with E-state index in [0.717, 1.165) is 38.2 Å². The van der Waals surface area contributed by atoms with Crippen LogP contribution in [0.3, 0.4) is 0 Å². The minimum atomic E-state index is -0.135. The van der Waals surface area contributed by atoms with E-state index in [-0.39, 0.29) is 22.8 Å². The van der Waals surface area contributed by atoms with Gasteiger partial charge < -0.3 is 4.90 Å². The standard InChI is InChI=1S/C20H20FN3.BrH/c21-18-8-1-2-9-19(18)24-13-11-23(12-14-24)15-17-6-3-5-16-7-4-10-22-20(16)17;/h1-10H,11-15H2;1H. The zero-order valence-electron chi connectivity index (χ0n) is 13.9. The Morgan fingerprint density at radius 2 is 1.64 bits per heavy atom. The van der Waals surface area contributed by atoms with Crippen LogP contribution < -0.4 is 4.90 Å². The van der Waals surface area contributed by atoms with E-state index in [9.17, 15) is 4.39 Å². The minimum Gasteiger partial charge on any atom is -0.367 e. The molecule has 0 aliphatic carbocycles. The van der Waals surface area contributed by atoms with E-state index < -0.39 is 0 Å². The first-order valence-electron chi connectivity index (χ1n) is 8.36. The van der Waals surface area contributed by atoms with E-state index in [2.05, 4.69) is 39.0 Å². The van der Waals surface area contributed by atoms with Gasteiger partial charge in [0.05, 0.1) is 11.2 Å². The summed E-state index contributed by atoms with van der Waals surface area (Å²) < 4.78 is 13.9. The van der Waals surface area contributed by atoms with E-state index in [0.29, 0.717) is 5.69 Å². The zero-order chi connectivity index (χ0) is 16.4. The third-order valence-corrected chi connectivity index (χ3v) is 4.68. The van der Waals surface area contributed by atoms with Gasteiger partial charge in [-0.15, -0.1) is 17.0 Å². The number of rotatable bonds is 3. The average molecular weight is 402 g/mol. The molecular formula is C20H21BrFN3. The van der Waals surface area contributed by atoms with Gasteiger partial charge in [-0.1, -0.05) is 36.4 Å². The Morgan fingerprint density at radius 3 is 2.44 bits per heavy atom. The highest BCUT2D eigenvalue weighted by atomic mass is 79.9. The molecule has 0 N–H and O–H groups in total.